The van der Waals surface area contributed by atoms with Gasteiger partial charge >= 0.3 is 0 Å². The fourth-order valence-electron chi connectivity index (χ4n) is 2.47. The topological polar surface area (TPSA) is 83.0 Å². The van der Waals surface area contributed by atoms with Gasteiger partial charge in [0, 0.05) is 23.7 Å². The van der Waals surface area contributed by atoms with E-state index in [1.165, 1.54) is 0 Å². The summed E-state index contributed by atoms with van der Waals surface area (Å²) in [6.07, 6.45) is 2.34. The summed E-state index contributed by atoms with van der Waals surface area (Å²) in [5.41, 5.74) is 7.66. The van der Waals surface area contributed by atoms with Gasteiger partial charge in [0.05, 0.1) is 18.0 Å². The maximum absolute atomic E-state index is 12.6. The number of nitrogens with two attached hydrogens (primary N) is 1. The van der Waals surface area contributed by atoms with Crippen LogP contribution in [0.15, 0.2) is 30.3 Å². The zero-order chi connectivity index (χ0) is 14.8. The van der Waals surface area contributed by atoms with Gasteiger partial charge < -0.3 is 10.6 Å². The van der Waals surface area contributed by atoms with Gasteiger partial charge in [0.15, 0.2) is 0 Å². The van der Waals surface area contributed by atoms with Crippen LogP contribution in [-0.2, 0) is 0 Å². The van der Waals surface area contributed by atoms with Gasteiger partial charge in [-0.3, -0.25) is 4.79 Å². The van der Waals surface area contributed by atoms with Crippen molar-refractivity contribution < 1.29 is 4.79 Å². The van der Waals surface area contributed by atoms with Gasteiger partial charge in [-0.15, -0.1) is 0 Å². The number of amides is 1. The van der Waals surface area contributed by atoms with Crippen molar-refractivity contribution in [1.29, 1.82) is 5.26 Å². The van der Waals surface area contributed by atoms with Crippen molar-refractivity contribution in [3.63, 3.8) is 0 Å². The molecular formula is C16H16N4O. The van der Waals surface area contributed by atoms with E-state index in [2.05, 4.69) is 11.1 Å². The molecule has 1 fully saturated rings. The first-order chi connectivity index (χ1) is 10.2. The molecular weight excluding hydrogens is 264 g/mol. The summed E-state index contributed by atoms with van der Waals surface area (Å²) < 4.78 is 0. The number of nitrogens with zero attached hydrogens (tertiary/aromatic N) is 3. The zero-order valence-electron chi connectivity index (χ0n) is 11.6. The highest BCUT2D eigenvalue weighted by molar-refractivity contribution is 5.99. The molecule has 1 amide bonds. The number of fused-ring (bicyclic) bond motifs is 1. The van der Waals surface area contributed by atoms with Gasteiger partial charge in [-0.2, -0.15) is 5.26 Å². The fraction of sp³-hybridized carbons (Fsp3) is 0.312. The number of carbonyl (C=O) groups excluding carboxylic acids is 1. The average molecular weight is 280 g/mol. The third-order valence-electron chi connectivity index (χ3n) is 3.68. The van der Waals surface area contributed by atoms with Crippen molar-refractivity contribution in [3.05, 3.63) is 36.0 Å². The molecule has 3 rings (SSSR count). The molecule has 0 spiro atoms. The largest absolute Gasteiger partial charge is 0.398 e. The maximum Gasteiger partial charge on any atom is 0.272 e. The second-order valence-electron chi connectivity index (χ2n) is 5.25. The summed E-state index contributed by atoms with van der Waals surface area (Å²) in [4.78, 5) is 18.8. The molecule has 2 N–H and O–H groups in total. The number of rotatable bonds is 4. The SMILES string of the molecule is N#CCCN(C(=O)c1cc(N)c2ccccc2n1)C1CC1. The minimum absolute atomic E-state index is 0.134. The van der Waals surface area contributed by atoms with E-state index in [4.69, 9.17) is 11.0 Å². The normalized spacial score (nSPS) is 13.9. The van der Waals surface area contributed by atoms with E-state index in [9.17, 15) is 4.79 Å². The Labute approximate surface area is 123 Å². The first kappa shape index (κ1) is 13.4. The number of nitriles is 1. The molecule has 1 heterocycles. The van der Waals surface area contributed by atoms with Gasteiger partial charge in [0.2, 0.25) is 0 Å². The molecule has 5 heteroatoms. The number of nitrogen functional groups attached to an aromatic ring is 1. The van der Waals surface area contributed by atoms with Gasteiger partial charge in [-0.1, -0.05) is 18.2 Å². The molecule has 1 aliphatic rings. The van der Waals surface area contributed by atoms with E-state index in [1.54, 1.807) is 11.0 Å². The van der Waals surface area contributed by atoms with Crippen LogP contribution in [0.5, 0.6) is 0 Å². The number of aromatic nitrogens is 1. The summed E-state index contributed by atoms with van der Waals surface area (Å²) in [6, 6.07) is 11.5. The lowest BCUT2D eigenvalue weighted by molar-refractivity contribution is 0.0741. The van der Waals surface area contributed by atoms with Gasteiger partial charge in [-0.25, -0.2) is 4.98 Å². The lowest BCUT2D eigenvalue weighted by Crippen LogP contribution is -2.34. The lowest BCUT2D eigenvalue weighted by Gasteiger charge is -2.21. The van der Waals surface area contributed by atoms with Crippen LogP contribution in [0.4, 0.5) is 5.69 Å². The molecule has 1 saturated carbocycles. The van der Waals surface area contributed by atoms with Crippen LogP contribution in [0.2, 0.25) is 0 Å². The van der Waals surface area contributed by atoms with Crippen molar-refractivity contribution >= 4 is 22.5 Å². The van der Waals surface area contributed by atoms with E-state index in [1.807, 2.05) is 24.3 Å². The third-order valence-corrected chi connectivity index (χ3v) is 3.68. The van der Waals surface area contributed by atoms with E-state index in [0.717, 1.165) is 23.7 Å². The van der Waals surface area contributed by atoms with Crippen molar-refractivity contribution in [2.75, 3.05) is 12.3 Å². The molecule has 1 aromatic heterocycles. The third kappa shape index (κ3) is 2.65. The van der Waals surface area contributed by atoms with E-state index in [0.29, 0.717) is 24.3 Å². The van der Waals surface area contributed by atoms with Crippen LogP contribution >= 0.6 is 0 Å². The van der Waals surface area contributed by atoms with Crippen LogP contribution in [0.3, 0.4) is 0 Å². The Hall–Kier alpha value is -2.61. The van der Waals surface area contributed by atoms with E-state index >= 15 is 0 Å². The standard InChI is InChI=1S/C16H16N4O/c17-8-3-9-20(11-6-7-11)16(21)15-10-13(18)12-4-1-2-5-14(12)19-15/h1-2,4-5,10-11H,3,6-7,9H2,(H2,18,19). The van der Waals surface area contributed by atoms with Crippen molar-refractivity contribution in [2.45, 2.75) is 25.3 Å². The first-order valence-corrected chi connectivity index (χ1v) is 7.04. The van der Waals surface area contributed by atoms with E-state index in [-0.39, 0.29) is 11.9 Å². The van der Waals surface area contributed by atoms with Gasteiger partial charge in [-0.05, 0) is 25.0 Å². The first-order valence-electron chi connectivity index (χ1n) is 7.04. The molecule has 1 aliphatic carbocycles. The molecule has 0 bridgehead atoms. The van der Waals surface area contributed by atoms with Crippen LogP contribution in [0, 0.1) is 11.3 Å². The van der Waals surface area contributed by atoms with Crippen LogP contribution in [0.1, 0.15) is 29.8 Å². The molecule has 1 aromatic carbocycles. The summed E-state index contributed by atoms with van der Waals surface area (Å²) in [6.45, 7) is 0.453. The average Bonchev–Trinajstić information content (AvgIpc) is 3.32. The molecule has 0 aliphatic heterocycles. The predicted octanol–water partition coefficient (Wildman–Crippen LogP) is 2.34. The Morgan fingerprint density at radius 3 is 2.90 bits per heavy atom. The predicted molar refractivity (Wildman–Crippen MR) is 80.4 cm³/mol. The second kappa shape index (κ2) is 5.41. The van der Waals surface area contributed by atoms with Crippen LogP contribution < -0.4 is 5.73 Å². The highest BCUT2D eigenvalue weighted by Crippen LogP contribution is 2.29. The molecule has 106 valence electrons. The molecule has 0 radical (unpaired) electrons. The molecule has 2 aromatic rings. The summed E-state index contributed by atoms with van der Waals surface area (Å²) in [5.74, 6) is -0.134. The Bertz CT molecular complexity index is 731. The number of para-hydroxylation sites is 1. The second-order valence-corrected chi connectivity index (χ2v) is 5.25. The highest BCUT2D eigenvalue weighted by Gasteiger charge is 2.33. The monoisotopic (exact) mass is 280 g/mol. The fourth-order valence-corrected chi connectivity index (χ4v) is 2.47. The summed E-state index contributed by atoms with van der Waals surface area (Å²) >= 11 is 0. The molecule has 5 nitrogen and oxygen atoms in total. The van der Waals surface area contributed by atoms with Crippen molar-refractivity contribution in [3.8, 4) is 6.07 Å². The van der Waals surface area contributed by atoms with Crippen LogP contribution in [0.25, 0.3) is 10.9 Å². The number of carbonyl (C=O) groups is 1. The van der Waals surface area contributed by atoms with E-state index < -0.39 is 0 Å². The maximum atomic E-state index is 12.6. The van der Waals surface area contributed by atoms with Crippen molar-refractivity contribution in [2.24, 2.45) is 0 Å². The Morgan fingerprint density at radius 2 is 2.19 bits per heavy atom. The molecule has 21 heavy (non-hydrogen) atoms. The number of hydrogen-bond donors (Lipinski definition) is 1. The number of benzene rings is 1. The summed E-state index contributed by atoms with van der Waals surface area (Å²) in [7, 11) is 0. The minimum atomic E-state index is -0.134. The Morgan fingerprint density at radius 1 is 1.43 bits per heavy atom. The smallest absolute Gasteiger partial charge is 0.272 e. The lowest BCUT2D eigenvalue weighted by atomic mass is 10.1. The van der Waals surface area contributed by atoms with Gasteiger partial charge in [0.25, 0.3) is 5.91 Å². The molecule has 0 unspecified atom stereocenters. The molecule has 0 atom stereocenters. The number of hydrogen-bond acceptors (Lipinski definition) is 4. The zero-order valence-corrected chi connectivity index (χ0v) is 11.6. The minimum Gasteiger partial charge on any atom is -0.398 e. The highest BCUT2D eigenvalue weighted by atomic mass is 16.2. The quantitative estimate of drug-likeness (QED) is 0.931. The van der Waals surface area contributed by atoms with Crippen LogP contribution in [-0.4, -0.2) is 28.4 Å². The van der Waals surface area contributed by atoms with Crippen molar-refractivity contribution in [1.82, 2.24) is 9.88 Å². The Kier molecular flexibility index (Phi) is 3.44. The molecule has 0 saturated heterocycles. The Balaban J connectivity index is 1.95. The summed E-state index contributed by atoms with van der Waals surface area (Å²) in [5, 5.41) is 9.58. The van der Waals surface area contributed by atoms with Gasteiger partial charge in [0.1, 0.15) is 5.69 Å². The number of anilines is 1. The number of pyridine rings is 1.